The van der Waals surface area contributed by atoms with Crippen LogP contribution in [0.3, 0.4) is 0 Å². The molecule has 0 aliphatic heterocycles. The van der Waals surface area contributed by atoms with Gasteiger partial charge in [-0.05, 0) is 19.1 Å². The third-order valence-electron chi connectivity index (χ3n) is 2.47. The summed E-state index contributed by atoms with van der Waals surface area (Å²) < 4.78 is 27.2. The molecule has 0 spiro atoms. The van der Waals surface area contributed by atoms with E-state index in [9.17, 15) is 13.6 Å². The van der Waals surface area contributed by atoms with Gasteiger partial charge in [-0.1, -0.05) is 6.07 Å². The minimum Gasteiger partial charge on any atom is -0.323 e. The normalized spacial score (nSPS) is 14.2. The molecule has 2 rings (SSSR count). The van der Waals surface area contributed by atoms with E-state index in [1.165, 1.54) is 25.1 Å². The molecule has 0 saturated carbocycles. The number of alkyl halides is 2. The predicted octanol–water partition coefficient (Wildman–Crippen LogP) is 1.30. The molecule has 86 valence electrons. The fourth-order valence-electron chi connectivity index (χ4n) is 1.50. The van der Waals surface area contributed by atoms with E-state index >= 15 is 0 Å². The maximum atomic E-state index is 13.6. The van der Waals surface area contributed by atoms with E-state index in [1.807, 2.05) is 0 Å². The second kappa shape index (κ2) is 3.41. The van der Waals surface area contributed by atoms with Crippen molar-refractivity contribution >= 4 is 11.0 Å². The number of rotatable bonds is 2. The predicted molar refractivity (Wildman–Crippen MR) is 56.5 cm³/mol. The summed E-state index contributed by atoms with van der Waals surface area (Å²) in [5, 5.41) is 0. The molecule has 0 bridgehead atoms. The van der Waals surface area contributed by atoms with E-state index in [0.29, 0.717) is 11.0 Å². The summed E-state index contributed by atoms with van der Waals surface area (Å²) in [6.07, 6.45) is 0. The molecular formula is C10H11F2N3O. The smallest absolute Gasteiger partial charge is 0.323 e. The maximum Gasteiger partial charge on any atom is 0.323 e. The van der Waals surface area contributed by atoms with Crippen molar-refractivity contribution < 1.29 is 8.78 Å². The first kappa shape index (κ1) is 10.8. The fourth-order valence-corrected chi connectivity index (χ4v) is 1.50. The summed E-state index contributed by atoms with van der Waals surface area (Å²) in [4.78, 5) is 15.9. The summed E-state index contributed by atoms with van der Waals surface area (Å²) in [5.74, 6) is -3.11. The molecule has 0 amide bonds. The largest absolute Gasteiger partial charge is 0.323 e. The van der Waals surface area contributed by atoms with Crippen molar-refractivity contribution in [2.75, 3.05) is 0 Å². The third kappa shape index (κ3) is 1.61. The van der Waals surface area contributed by atoms with Crippen LogP contribution in [0.5, 0.6) is 0 Å². The van der Waals surface area contributed by atoms with Crippen molar-refractivity contribution in [3.63, 3.8) is 0 Å². The second-order valence-electron chi connectivity index (χ2n) is 3.75. The summed E-state index contributed by atoms with van der Waals surface area (Å²) in [7, 11) is 0. The Morgan fingerprint density at radius 1 is 1.31 bits per heavy atom. The first-order valence-corrected chi connectivity index (χ1v) is 4.77. The zero-order valence-electron chi connectivity index (χ0n) is 8.55. The molecule has 16 heavy (non-hydrogen) atoms. The van der Waals surface area contributed by atoms with Gasteiger partial charge in [0.1, 0.15) is 0 Å². The standard InChI is InChI=1S/C10H11F2N3O/c1-5(13)10(11,12)6-2-3-7-8(4-6)15-9(16)14-7/h2-5H,13H2,1H3,(H2,14,15,16). The van der Waals surface area contributed by atoms with Gasteiger partial charge in [-0.3, -0.25) is 0 Å². The first-order valence-electron chi connectivity index (χ1n) is 4.77. The lowest BCUT2D eigenvalue weighted by atomic mass is 10.0. The van der Waals surface area contributed by atoms with Crippen LogP contribution in [0.1, 0.15) is 12.5 Å². The number of hydrogen-bond donors (Lipinski definition) is 3. The van der Waals surface area contributed by atoms with Gasteiger partial charge in [-0.25, -0.2) is 4.79 Å². The van der Waals surface area contributed by atoms with Crippen LogP contribution >= 0.6 is 0 Å². The van der Waals surface area contributed by atoms with Crippen LogP contribution < -0.4 is 11.4 Å². The maximum absolute atomic E-state index is 13.6. The van der Waals surface area contributed by atoms with Gasteiger partial charge in [0.15, 0.2) is 0 Å². The zero-order chi connectivity index (χ0) is 11.9. The topological polar surface area (TPSA) is 74.7 Å². The quantitative estimate of drug-likeness (QED) is 0.723. The van der Waals surface area contributed by atoms with Gasteiger partial charge in [0, 0.05) is 5.56 Å². The third-order valence-corrected chi connectivity index (χ3v) is 2.47. The van der Waals surface area contributed by atoms with E-state index in [-0.39, 0.29) is 5.56 Å². The molecule has 4 N–H and O–H groups in total. The number of halogens is 2. The molecule has 0 saturated heterocycles. The molecule has 1 atom stereocenters. The van der Waals surface area contributed by atoms with E-state index in [0.717, 1.165) is 0 Å². The Morgan fingerprint density at radius 2 is 1.94 bits per heavy atom. The Balaban J connectivity index is 2.58. The van der Waals surface area contributed by atoms with Crippen molar-refractivity contribution in [3.8, 4) is 0 Å². The Labute approximate surface area is 89.5 Å². The van der Waals surface area contributed by atoms with Gasteiger partial charge in [0.25, 0.3) is 5.92 Å². The van der Waals surface area contributed by atoms with Crippen molar-refractivity contribution in [1.82, 2.24) is 9.97 Å². The zero-order valence-corrected chi connectivity index (χ0v) is 8.55. The molecule has 0 aliphatic carbocycles. The minimum atomic E-state index is -3.11. The van der Waals surface area contributed by atoms with Crippen molar-refractivity contribution in [1.29, 1.82) is 0 Å². The molecule has 1 aromatic carbocycles. The number of nitrogens with one attached hydrogen (secondary N) is 2. The summed E-state index contributed by atoms with van der Waals surface area (Å²) in [6.45, 7) is 1.24. The highest BCUT2D eigenvalue weighted by Gasteiger charge is 2.36. The number of hydrogen-bond acceptors (Lipinski definition) is 2. The van der Waals surface area contributed by atoms with Gasteiger partial charge in [0.2, 0.25) is 0 Å². The summed E-state index contributed by atoms with van der Waals surface area (Å²) in [6, 6.07) is 2.64. The number of benzene rings is 1. The van der Waals surface area contributed by atoms with Gasteiger partial charge < -0.3 is 15.7 Å². The van der Waals surface area contributed by atoms with Crippen LogP contribution in [0, 0.1) is 0 Å². The van der Waals surface area contributed by atoms with Crippen molar-refractivity contribution in [2.45, 2.75) is 18.9 Å². The van der Waals surface area contributed by atoms with Gasteiger partial charge in [-0.15, -0.1) is 0 Å². The molecule has 2 aromatic rings. The Bertz CT molecular complexity index is 571. The molecule has 0 radical (unpaired) electrons. The SMILES string of the molecule is CC(N)C(F)(F)c1ccc2[nH]c(=O)[nH]c2c1. The van der Waals surface area contributed by atoms with E-state index < -0.39 is 17.7 Å². The second-order valence-corrected chi connectivity index (χ2v) is 3.75. The summed E-state index contributed by atoms with van der Waals surface area (Å²) in [5.41, 5.74) is 5.44. The average Bonchev–Trinajstić information content (AvgIpc) is 2.56. The number of imidazole rings is 1. The minimum absolute atomic E-state index is 0.203. The highest BCUT2D eigenvalue weighted by Crippen LogP contribution is 2.31. The highest BCUT2D eigenvalue weighted by molar-refractivity contribution is 5.75. The molecular weight excluding hydrogens is 216 g/mol. The number of aromatic nitrogens is 2. The average molecular weight is 227 g/mol. The Morgan fingerprint density at radius 3 is 2.56 bits per heavy atom. The van der Waals surface area contributed by atoms with E-state index in [1.54, 1.807) is 0 Å². The molecule has 1 heterocycles. The fraction of sp³-hybridized carbons (Fsp3) is 0.300. The molecule has 4 nitrogen and oxygen atoms in total. The molecule has 0 aliphatic rings. The summed E-state index contributed by atoms with van der Waals surface area (Å²) >= 11 is 0. The van der Waals surface area contributed by atoms with Crippen molar-refractivity contribution in [3.05, 3.63) is 34.2 Å². The lowest BCUT2D eigenvalue weighted by molar-refractivity contribution is -0.0255. The number of fused-ring (bicyclic) bond motifs is 1. The molecule has 1 unspecified atom stereocenters. The highest BCUT2D eigenvalue weighted by atomic mass is 19.3. The lowest BCUT2D eigenvalue weighted by Crippen LogP contribution is -2.35. The number of nitrogens with two attached hydrogens (primary N) is 1. The van der Waals surface area contributed by atoms with Crippen LogP contribution in [0.15, 0.2) is 23.0 Å². The van der Waals surface area contributed by atoms with Crippen LogP contribution in [0.25, 0.3) is 11.0 Å². The van der Waals surface area contributed by atoms with Gasteiger partial charge >= 0.3 is 5.69 Å². The number of aromatic amines is 2. The lowest BCUT2D eigenvalue weighted by Gasteiger charge is -2.20. The van der Waals surface area contributed by atoms with Gasteiger partial charge in [0.05, 0.1) is 17.1 Å². The molecule has 1 aromatic heterocycles. The van der Waals surface area contributed by atoms with Crippen LogP contribution in [0.2, 0.25) is 0 Å². The van der Waals surface area contributed by atoms with E-state index in [2.05, 4.69) is 9.97 Å². The van der Waals surface area contributed by atoms with Gasteiger partial charge in [-0.2, -0.15) is 8.78 Å². The Kier molecular flexibility index (Phi) is 2.31. The monoisotopic (exact) mass is 227 g/mol. The number of H-pyrrole nitrogens is 2. The molecule has 0 fully saturated rings. The van der Waals surface area contributed by atoms with Crippen LogP contribution in [-0.4, -0.2) is 16.0 Å². The van der Waals surface area contributed by atoms with Crippen LogP contribution in [0.4, 0.5) is 8.78 Å². The van der Waals surface area contributed by atoms with Crippen molar-refractivity contribution in [2.24, 2.45) is 5.73 Å². The van der Waals surface area contributed by atoms with E-state index in [4.69, 9.17) is 5.73 Å². The van der Waals surface area contributed by atoms with Crippen LogP contribution in [-0.2, 0) is 5.92 Å². The Hall–Kier alpha value is -1.69. The first-order chi connectivity index (χ1) is 7.41. The molecule has 6 heteroatoms.